The van der Waals surface area contributed by atoms with Crippen molar-refractivity contribution in [2.45, 2.75) is 13.1 Å². The molecule has 0 bridgehead atoms. The van der Waals surface area contributed by atoms with E-state index in [9.17, 15) is 4.79 Å². The number of hydrogen-bond acceptors (Lipinski definition) is 4. The van der Waals surface area contributed by atoms with E-state index in [4.69, 9.17) is 28.2 Å². The molecular formula is C27H21BrCl2N6O. The first-order valence-electron chi connectivity index (χ1n) is 11.4. The van der Waals surface area contributed by atoms with Gasteiger partial charge in [-0.1, -0.05) is 71.7 Å². The zero-order valence-corrected chi connectivity index (χ0v) is 22.5. The highest BCUT2D eigenvalue weighted by Gasteiger charge is 2.13. The van der Waals surface area contributed by atoms with Crippen molar-refractivity contribution in [1.29, 1.82) is 0 Å². The molecule has 186 valence electrons. The molecule has 2 heterocycles. The number of rotatable bonds is 7. The minimum atomic E-state index is -0.297. The lowest BCUT2D eigenvalue weighted by Crippen LogP contribution is -2.28. The molecule has 0 aliphatic carbocycles. The molecule has 2 aromatic heterocycles. The summed E-state index contributed by atoms with van der Waals surface area (Å²) in [5.74, 6) is 0.786. The minimum Gasteiger partial charge on any atom is -0.366 e. The molecule has 0 aliphatic rings. The van der Waals surface area contributed by atoms with Crippen molar-refractivity contribution in [3.8, 4) is 11.3 Å². The third kappa shape index (κ3) is 6.05. The molecule has 0 spiro atoms. The number of amides is 2. The Bertz CT molecular complexity index is 1570. The van der Waals surface area contributed by atoms with Gasteiger partial charge in [-0.25, -0.2) is 9.78 Å². The van der Waals surface area contributed by atoms with Crippen LogP contribution in [0, 0.1) is 0 Å². The predicted molar refractivity (Wildman–Crippen MR) is 152 cm³/mol. The SMILES string of the molecule is O=C(NCc1ccc(CNc2cc(-c3ccccc3Cl)nc3c(Br)cnn23)cc1)Nc1cccc(Cl)c1. The number of carbonyl (C=O) groups is 1. The molecule has 0 aliphatic heterocycles. The molecule has 2 amide bonds. The molecule has 3 N–H and O–H groups in total. The highest BCUT2D eigenvalue weighted by Crippen LogP contribution is 2.30. The molecule has 37 heavy (non-hydrogen) atoms. The summed E-state index contributed by atoms with van der Waals surface area (Å²) < 4.78 is 2.54. The summed E-state index contributed by atoms with van der Waals surface area (Å²) in [5.41, 5.74) is 4.98. The monoisotopic (exact) mass is 594 g/mol. The number of urea groups is 1. The van der Waals surface area contributed by atoms with E-state index in [2.05, 4.69) is 37.0 Å². The number of benzene rings is 3. The average molecular weight is 596 g/mol. The summed E-state index contributed by atoms with van der Waals surface area (Å²) in [7, 11) is 0. The molecule has 3 aromatic carbocycles. The van der Waals surface area contributed by atoms with E-state index in [0.717, 1.165) is 32.7 Å². The van der Waals surface area contributed by atoms with E-state index >= 15 is 0 Å². The van der Waals surface area contributed by atoms with E-state index in [1.807, 2.05) is 54.6 Å². The largest absolute Gasteiger partial charge is 0.366 e. The Morgan fingerprint density at radius 3 is 2.43 bits per heavy atom. The standard InChI is InChI=1S/C27H21BrCl2N6O/c28-22-16-33-36-25(13-24(35-26(22)36)21-6-1-2-7-23(21)30)31-14-17-8-10-18(11-9-17)15-32-27(37)34-20-5-3-4-19(29)12-20/h1-13,16,31H,14-15H2,(H2,32,34,37). The number of carbonyl (C=O) groups excluding carboxylic acids is 1. The summed E-state index contributed by atoms with van der Waals surface area (Å²) in [5, 5.41) is 14.7. The van der Waals surface area contributed by atoms with Crippen molar-refractivity contribution in [3.63, 3.8) is 0 Å². The number of anilines is 2. The van der Waals surface area contributed by atoms with Crippen molar-refractivity contribution in [2.75, 3.05) is 10.6 Å². The first kappa shape index (κ1) is 25.1. The molecule has 0 atom stereocenters. The van der Waals surface area contributed by atoms with Crippen molar-refractivity contribution in [1.82, 2.24) is 19.9 Å². The molecular weight excluding hydrogens is 575 g/mol. The number of fused-ring (bicyclic) bond motifs is 1. The Kier molecular flexibility index (Phi) is 7.60. The average Bonchev–Trinajstić information content (AvgIpc) is 3.27. The highest BCUT2D eigenvalue weighted by atomic mass is 79.9. The number of halogens is 3. The maximum atomic E-state index is 12.2. The third-order valence-electron chi connectivity index (χ3n) is 5.61. The van der Waals surface area contributed by atoms with Gasteiger partial charge in [0.1, 0.15) is 5.82 Å². The van der Waals surface area contributed by atoms with Crippen LogP contribution in [-0.4, -0.2) is 20.6 Å². The first-order chi connectivity index (χ1) is 18.0. The van der Waals surface area contributed by atoms with Crippen LogP contribution in [0.2, 0.25) is 10.0 Å². The molecule has 0 saturated carbocycles. The first-order valence-corrected chi connectivity index (χ1v) is 12.9. The zero-order chi connectivity index (χ0) is 25.8. The summed E-state index contributed by atoms with van der Waals surface area (Å²) in [6.45, 7) is 0.967. The van der Waals surface area contributed by atoms with Crippen molar-refractivity contribution in [2.24, 2.45) is 0 Å². The minimum absolute atomic E-state index is 0.297. The van der Waals surface area contributed by atoms with Crippen LogP contribution < -0.4 is 16.0 Å². The van der Waals surface area contributed by atoms with E-state index < -0.39 is 0 Å². The molecule has 7 nitrogen and oxygen atoms in total. The fraction of sp³-hybridized carbons (Fsp3) is 0.0741. The van der Waals surface area contributed by atoms with Gasteiger partial charge < -0.3 is 16.0 Å². The van der Waals surface area contributed by atoms with E-state index in [0.29, 0.717) is 34.5 Å². The summed E-state index contributed by atoms with van der Waals surface area (Å²) >= 11 is 15.9. The smallest absolute Gasteiger partial charge is 0.319 e. The van der Waals surface area contributed by atoms with E-state index in [1.165, 1.54) is 0 Å². The van der Waals surface area contributed by atoms with E-state index in [1.54, 1.807) is 35.0 Å². The summed E-state index contributed by atoms with van der Waals surface area (Å²) in [6.07, 6.45) is 1.72. The Hall–Kier alpha value is -3.59. The van der Waals surface area contributed by atoms with Gasteiger partial charge in [-0.15, -0.1) is 0 Å². The number of hydrogen-bond donors (Lipinski definition) is 3. The van der Waals surface area contributed by atoms with Gasteiger partial charge in [0.15, 0.2) is 5.65 Å². The topological polar surface area (TPSA) is 83.3 Å². The Balaban J connectivity index is 1.24. The van der Waals surface area contributed by atoms with Gasteiger partial charge >= 0.3 is 6.03 Å². The molecule has 10 heteroatoms. The second-order valence-electron chi connectivity index (χ2n) is 8.22. The van der Waals surface area contributed by atoms with Crippen molar-refractivity contribution in [3.05, 3.63) is 111 Å². The van der Waals surface area contributed by atoms with Crippen LogP contribution in [0.1, 0.15) is 11.1 Å². The van der Waals surface area contributed by atoms with Crippen molar-refractivity contribution >= 4 is 62.3 Å². The van der Waals surface area contributed by atoms with E-state index in [-0.39, 0.29) is 6.03 Å². The lowest BCUT2D eigenvalue weighted by atomic mass is 10.1. The van der Waals surface area contributed by atoms with Crippen LogP contribution in [0.3, 0.4) is 0 Å². The van der Waals surface area contributed by atoms with Crippen molar-refractivity contribution < 1.29 is 4.79 Å². The van der Waals surface area contributed by atoms with Crippen LogP contribution >= 0.6 is 39.1 Å². The molecule has 0 radical (unpaired) electrons. The zero-order valence-electron chi connectivity index (χ0n) is 19.4. The third-order valence-corrected chi connectivity index (χ3v) is 6.73. The molecule has 0 saturated heterocycles. The molecule has 0 unspecified atom stereocenters. The maximum Gasteiger partial charge on any atom is 0.319 e. The van der Waals surface area contributed by atoms with Gasteiger partial charge in [0.05, 0.1) is 16.4 Å². The number of nitrogens with one attached hydrogen (secondary N) is 3. The van der Waals surface area contributed by atoms with Gasteiger partial charge in [-0.2, -0.15) is 9.61 Å². The Labute approximate surface area is 232 Å². The Morgan fingerprint density at radius 1 is 0.919 bits per heavy atom. The predicted octanol–water partition coefficient (Wildman–Crippen LogP) is 7.40. The molecule has 5 aromatic rings. The summed E-state index contributed by atoms with van der Waals surface area (Å²) in [4.78, 5) is 16.9. The second kappa shape index (κ2) is 11.2. The van der Waals surface area contributed by atoms with Gasteiger partial charge in [-0.3, -0.25) is 0 Å². The lowest BCUT2D eigenvalue weighted by Gasteiger charge is -2.12. The molecule has 0 fully saturated rings. The van der Waals surface area contributed by atoms with Gasteiger partial charge in [0.2, 0.25) is 0 Å². The fourth-order valence-corrected chi connectivity index (χ4v) is 4.53. The van der Waals surface area contributed by atoms with Crippen LogP contribution in [0.25, 0.3) is 16.9 Å². The lowest BCUT2D eigenvalue weighted by molar-refractivity contribution is 0.251. The normalized spacial score (nSPS) is 10.9. The van der Waals surface area contributed by atoms with Crippen LogP contribution in [0.4, 0.5) is 16.3 Å². The Morgan fingerprint density at radius 2 is 1.68 bits per heavy atom. The summed E-state index contributed by atoms with van der Waals surface area (Å²) in [6, 6.07) is 24.3. The highest BCUT2D eigenvalue weighted by molar-refractivity contribution is 9.10. The van der Waals surface area contributed by atoms with Gasteiger partial charge in [-0.05, 0) is 51.3 Å². The van der Waals surface area contributed by atoms with Gasteiger partial charge in [0.25, 0.3) is 0 Å². The fourth-order valence-electron chi connectivity index (χ4n) is 3.76. The van der Waals surface area contributed by atoms with Crippen LogP contribution in [-0.2, 0) is 13.1 Å². The van der Waals surface area contributed by atoms with Crippen LogP contribution in [0.5, 0.6) is 0 Å². The molecule has 5 rings (SSSR count). The maximum absolute atomic E-state index is 12.2. The van der Waals surface area contributed by atoms with Crippen LogP contribution in [0.15, 0.2) is 89.5 Å². The van der Waals surface area contributed by atoms with Gasteiger partial charge in [0, 0.05) is 40.5 Å². The quantitative estimate of drug-likeness (QED) is 0.183. The second-order valence-corrected chi connectivity index (χ2v) is 9.92. The number of nitrogens with zero attached hydrogens (tertiary/aromatic N) is 3. The number of aromatic nitrogens is 3.